The number of phenolic OH excluding ortho intramolecular Hbond substituents is 1. The second kappa shape index (κ2) is 12.1. The van der Waals surface area contributed by atoms with E-state index in [1.807, 2.05) is 19.1 Å². The molecule has 0 saturated carbocycles. The van der Waals surface area contributed by atoms with Crippen molar-refractivity contribution in [1.29, 1.82) is 0 Å². The molecule has 1 unspecified atom stereocenters. The van der Waals surface area contributed by atoms with Crippen molar-refractivity contribution in [2.75, 3.05) is 0 Å². The highest BCUT2D eigenvalue weighted by Gasteiger charge is 2.32. The first kappa shape index (κ1) is 33.7. The Morgan fingerprint density at radius 2 is 1.18 bits per heavy atom. The number of aliphatic carboxylic acids is 1. The molecular weight excluding hydrogens is 492 g/mol. The molecule has 0 aliphatic heterocycles. The normalized spacial score (nSPS) is 14.4. The van der Waals surface area contributed by atoms with E-state index < -0.39 is 11.9 Å². The Balaban J connectivity index is 2.89. The number of carboxylic acids is 1. The molecule has 3 heteroatoms. The maximum Gasteiger partial charge on any atom is 0.332 e. The molecule has 0 spiro atoms. The molecule has 0 fully saturated rings. The van der Waals surface area contributed by atoms with E-state index in [-0.39, 0.29) is 33.0 Å². The Labute approximate surface area is 245 Å². The Morgan fingerprint density at radius 3 is 1.65 bits per heavy atom. The molecule has 2 aromatic carbocycles. The maximum atomic E-state index is 12.9. The summed E-state index contributed by atoms with van der Waals surface area (Å²) in [5.41, 5.74) is 5.93. The van der Waals surface area contributed by atoms with Gasteiger partial charge in [0.2, 0.25) is 0 Å². The summed E-state index contributed by atoms with van der Waals surface area (Å²) in [6.07, 6.45) is 5.61. The van der Waals surface area contributed by atoms with E-state index in [0.29, 0.717) is 5.56 Å². The number of benzene rings is 2. The van der Waals surface area contributed by atoms with Crippen LogP contribution in [0.4, 0.5) is 0 Å². The van der Waals surface area contributed by atoms with Gasteiger partial charge in [0.05, 0.1) is 0 Å². The molecule has 3 nitrogen and oxygen atoms in total. The van der Waals surface area contributed by atoms with Crippen LogP contribution in [-0.4, -0.2) is 16.2 Å². The molecule has 0 saturated heterocycles. The van der Waals surface area contributed by atoms with Crippen molar-refractivity contribution >= 4 is 12.0 Å². The lowest BCUT2D eigenvalue weighted by molar-refractivity contribution is -0.132. The topological polar surface area (TPSA) is 57.5 Å². The van der Waals surface area contributed by atoms with Gasteiger partial charge in [0.1, 0.15) is 5.75 Å². The minimum absolute atomic E-state index is 0.0323. The first-order valence-corrected chi connectivity index (χ1v) is 15.3. The molecule has 2 N–H and O–H groups in total. The highest BCUT2D eigenvalue weighted by Crippen LogP contribution is 2.44. The zero-order valence-corrected chi connectivity index (χ0v) is 27.7. The molecule has 2 aromatic rings. The summed E-state index contributed by atoms with van der Waals surface area (Å²) in [6.45, 7) is 28.3. The predicted molar refractivity (Wildman–Crippen MR) is 172 cm³/mol. The van der Waals surface area contributed by atoms with Crippen LogP contribution in [0, 0.1) is 0 Å². The molecule has 0 amide bonds. The highest BCUT2D eigenvalue weighted by molar-refractivity contribution is 5.94. The van der Waals surface area contributed by atoms with Crippen molar-refractivity contribution < 1.29 is 15.0 Å². The Bertz CT molecular complexity index is 1240. The van der Waals surface area contributed by atoms with Crippen LogP contribution < -0.4 is 0 Å². The summed E-state index contributed by atoms with van der Waals surface area (Å²) in [5, 5.41) is 22.2. The number of carboxylic acid groups (broad SMARTS) is 1. The number of hydrogen-bond acceptors (Lipinski definition) is 2. The zero-order chi connectivity index (χ0) is 30.8. The van der Waals surface area contributed by atoms with Crippen LogP contribution in [0.2, 0.25) is 0 Å². The van der Waals surface area contributed by atoms with E-state index in [1.165, 1.54) is 5.56 Å². The molecule has 0 heterocycles. The van der Waals surface area contributed by atoms with Gasteiger partial charge in [-0.3, -0.25) is 0 Å². The molecule has 1 atom stereocenters. The third-order valence-corrected chi connectivity index (χ3v) is 10.2. The average Bonchev–Trinajstić information content (AvgIpc) is 2.90. The summed E-state index contributed by atoms with van der Waals surface area (Å²) in [4.78, 5) is 12.9. The third-order valence-electron chi connectivity index (χ3n) is 10.2. The molecule has 0 aliphatic carbocycles. The Hall–Kier alpha value is -2.55. The fourth-order valence-corrected chi connectivity index (χ4v) is 5.08. The lowest BCUT2D eigenvalue weighted by atomic mass is 9.73. The number of carbonyl (C=O) groups is 1. The van der Waals surface area contributed by atoms with E-state index in [1.54, 1.807) is 0 Å². The second-order valence-electron chi connectivity index (χ2n) is 14.3. The summed E-state index contributed by atoms with van der Waals surface area (Å²) in [6, 6.07) is 10.7. The molecule has 0 bridgehead atoms. The van der Waals surface area contributed by atoms with E-state index in [4.69, 9.17) is 0 Å². The Kier molecular flexibility index (Phi) is 10.2. The van der Waals surface area contributed by atoms with Crippen LogP contribution in [0.3, 0.4) is 0 Å². The third kappa shape index (κ3) is 6.84. The average molecular weight is 549 g/mol. The molecule has 40 heavy (non-hydrogen) atoms. The van der Waals surface area contributed by atoms with E-state index in [2.05, 4.69) is 107 Å². The van der Waals surface area contributed by atoms with Gasteiger partial charge in [0, 0.05) is 22.6 Å². The largest absolute Gasteiger partial charge is 0.507 e. The lowest BCUT2D eigenvalue weighted by Crippen LogP contribution is -2.22. The number of hydrogen-bond donors (Lipinski definition) is 2. The number of aromatic hydroxyl groups is 1. The van der Waals surface area contributed by atoms with Gasteiger partial charge in [0.25, 0.3) is 0 Å². The van der Waals surface area contributed by atoms with Gasteiger partial charge in [0.15, 0.2) is 0 Å². The first-order chi connectivity index (χ1) is 18.3. The lowest BCUT2D eigenvalue weighted by Gasteiger charge is -2.32. The number of rotatable bonds is 12. The number of phenols is 1. The molecule has 222 valence electrons. The molecule has 0 aromatic heterocycles. The fourth-order valence-electron chi connectivity index (χ4n) is 5.08. The smallest absolute Gasteiger partial charge is 0.332 e. The van der Waals surface area contributed by atoms with E-state index >= 15 is 0 Å². The van der Waals surface area contributed by atoms with Crippen LogP contribution in [0.5, 0.6) is 5.75 Å². The van der Waals surface area contributed by atoms with Gasteiger partial charge in [-0.2, -0.15) is 0 Å². The fraction of sp³-hybridized carbons (Fsp3) is 0.595. The van der Waals surface area contributed by atoms with Crippen LogP contribution >= 0.6 is 0 Å². The van der Waals surface area contributed by atoms with Crippen LogP contribution in [0.25, 0.3) is 6.08 Å². The van der Waals surface area contributed by atoms with E-state index in [9.17, 15) is 15.0 Å². The van der Waals surface area contributed by atoms with Crippen LogP contribution in [0.15, 0.2) is 35.9 Å². The summed E-state index contributed by atoms with van der Waals surface area (Å²) < 4.78 is 0. The molecular formula is C37H56O3. The zero-order valence-electron chi connectivity index (χ0n) is 27.7. The van der Waals surface area contributed by atoms with Crippen molar-refractivity contribution in [3.63, 3.8) is 0 Å². The van der Waals surface area contributed by atoms with Crippen molar-refractivity contribution in [3.8, 4) is 5.75 Å². The van der Waals surface area contributed by atoms with Crippen molar-refractivity contribution in [2.45, 2.75) is 143 Å². The summed E-state index contributed by atoms with van der Waals surface area (Å²) >= 11 is 0. The minimum Gasteiger partial charge on any atom is -0.507 e. The first-order valence-electron chi connectivity index (χ1n) is 15.3. The molecule has 0 radical (unpaired) electrons. The minimum atomic E-state index is -0.957. The van der Waals surface area contributed by atoms with Gasteiger partial charge in [-0.1, -0.05) is 120 Å². The highest BCUT2D eigenvalue weighted by atomic mass is 16.4. The van der Waals surface area contributed by atoms with Crippen molar-refractivity contribution in [2.24, 2.45) is 0 Å². The maximum absolute atomic E-state index is 12.9. The van der Waals surface area contributed by atoms with Gasteiger partial charge >= 0.3 is 5.97 Å². The van der Waals surface area contributed by atoms with Crippen LogP contribution in [-0.2, 0) is 26.5 Å². The van der Waals surface area contributed by atoms with Gasteiger partial charge in [-0.05, 0) is 75.7 Å². The predicted octanol–water partition coefficient (Wildman–Crippen LogP) is 10.4. The summed E-state index contributed by atoms with van der Waals surface area (Å²) in [5.74, 6) is -1.24. The molecule has 0 aliphatic rings. The molecule has 2 rings (SSSR count). The van der Waals surface area contributed by atoms with Crippen molar-refractivity contribution in [1.82, 2.24) is 0 Å². The summed E-state index contributed by atoms with van der Waals surface area (Å²) in [7, 11) is 0. The van der Waals surface area contributed by atoms with Crippen LogP contribution in [0.1, 0.15) is 155 Å². The Morgan fingerprint density at radius 1 is 0.725 bits per heavy atom. The quantitative estimate of drug-likeness (QED) is 0.259. The second-order valence-corrected chi connectivity index (χ2v) is 14.3. The van der Waals surface area contributed by atoms with Gasteiger partial charge < -0.3 is 10.2 Å². The SMILES string of the molecule is CCC(C)(C)c1ccc(/C=C(\C(=O)O)C(C)c2cc(C(C)(C)CC)cc(C(C)(C)CC)c2O)c(C(C)(C)CC)c1. The standard InChI is InChI=1S/C37H56O3/c1-14-34(6,7)26-19-18-25(30(22-26)36(10,11)16-3)20-29(33(39)40)24(5)28-21-27(35(8,9)15-2)23-31(32(28)38)37(12,13)17-4/h18-24,38H,14-17H2,1-13H3,(H,39,40)/b29-20-. The van der Waals surface area contributed by atoms with Gasteiger partial charge in [-0.25, -0.2) is 4.79 Å². The van der Waals surface area contributed by atoms with Crippen molar-refractivity contribution in [3.05, 3.63) is 69.3 Å². The van der Waals surface area contributed by atoms with Gasteiger partial charge in [-0.15, -0.1) is 0 Å². The monoisotopic (exact) mass is 548 g/mol. The van der Waals surface area contributed by atoms with E-state index in [0.717, 1.165) is 47.9 Å².